The van der Waals surface area contributed by atoms with Gasteiger partial charge in [-0.25, -0.2) is 4.39 Å². The SMILES string of the molecule is O=C(CC=Cc1ccccc1F)NCC1CCCC1O. The molecule has 2 rings (SSSR count). The average molecular weight is 277 g/mol. The molecule has 0 radical (unpaired) electrons. The van der Waals surface area contributed by atoms with Crippen LogP contribution in [-0.2, 0) is 4.79 Å². The first-order chi connectivity index (χ1) is 9.66. The highest BCUT2D eigenvalue weighted by molar-refractivity contribution is 5.78. The number of aliphatic hydroxyl groups is 1. The highest BCUT2D eigenvalue weighted by Crippen LogP contribution is 2.24. The summed E-state index contributed by atoms with van der Waals surface area (Å²) in [5.41, 5.74) is 0.478. The van der Waals surface area contributed by atoms with E-state index in [1.807, 2.05) is 0 Å². The zero-order valence-electron chi connectivity index (χ0n) is 11.4. The minimum Gasteiger partial charge on any atom is -0.393 e. The average Bonchev–Trinajstić information content (AvgIpc) is 2.84. The third-order valence-electron chi connectivity index (χ3n) is 3.69. The Morgan fingerprint density at radius 3 is 2.90 bits per heavy atom. The van der Waals surface area contributed by atoms with Gasteiger partial charge in [-0.2, -0.15) is 0 Å². The number of hydrogen-bond donors (Lipinski definition) is 2. The van der Waals surface area contributed by atoms with E-state index in [-0.39, 0.29) is 30.2 Å². The number of rotatable bonds is 5. The van der Waals surface area contributed by atoms with E-state index >= 15 is 0 Å². The molecule has 0 saturated heterocycles. The van der Waals surface area contributed by atoms with E-state index in [0.717, 1.165) is 19.3 Å². The van der Waals surface area contributed by atoms with Gasteiger partial charge in [-0.1, -0.05) is 36.8 Å². The highest BCUT2D eigenvalue weighted by Gasteiger charge is 2.24. The minimum atomic E-state index is -0.293. The molecule has 2 unspecified atom stereocenters. The maximum atomic E-state index is 13.3. The highest BCUT2D eigenvalue weighted by atomic mass is 19.1. The lowest BCUT2D eigenvalue weighted by atomic mass is 10.1. The fraction of sp³-hybridized carbons (Fsp3) is 0.438. The van der Waals surface area contributed by atoms with Crippen molar-refractivity contribution in [1.29, 1.82) is 0 Å². The van der Waals surface area contributed by atoms with Gasteiger partial charge in [-0.05, 0) is 18.9 Å². The van der Waals surface area contributed by atoms with Crippen molar-refractivity contribution in [3.8, 4) is 0 Å². The van der Waals surface area contributed by atoms with Crippen molar-refractivity contribution in [2.75, 3.05) is 6.54 Å². The Kier molecular flexibility index (Phi) is 5.30. The standard InChI is InChI=1S/C16H20FNO2/c17-14-8-2-1-5-12(14)6-4-10-16(20)18-11-13-7-3-9-15(13)19/h1-2,4-6,8,13,15,19H,3,7,9-11H2,(H,18,20). The van der Waals surface area contributed by atoms with Crippen LogP contribution < -0.4 is 5.32 Å². The molecule has 0 aromatic heterocycles. The van der Waals surface area contributed by atoms with E-state index in [1.54, 1.807) is 30.4 Å². The third kappa shape index (κ3) is 4.17. The Balaban J connectivity index is 1.73. The van der Waals surface area contributed by atoms with Crippen molar-refractivity contribution in [2.24, 2.45) is 5.92 Å². The molecule has 3 nitrogen and oxygen atoms in total. The molecule has 2 N–H and O–H groups in total. The van der Waals surface area contributed by atoms with Crippen LogP contribution in [-0.4, -0.2) is 23.7 Å². The Morgan fingerprint density at radius 1 is 1.40 bits per heavy atom. The predicted molar refractivity (Wildman–Crippen MR) is 76.4 cm³/mol. The van der Waals surface area contributed by atoms with Gasteiger partial charge in [0, 0.05) is 24.4 Å². The second-order valence-corrected chi connectivity index (χ2v) is 5.19. The maximum Gasteiger partial charge on any atom is 0.223 e. The van der Waals surface area contributed by atoms with Crippen molar-refractivity contribution in [2.45, 2.75) is 31.8 Å². The number of amides is 1. The van der Waals surface area contributed by atoms with Crippen molar-refractivity contribution < 1.29 is 14.3 Å². The number of carbonyl (C=O) groups is 1. The Morgan fingerprint density at radius 2 is 2.20 bits per heavy atom. The number of hydrogen-bond acceptors (Lipinski definition) is 2. The van der Waals surface area contributed by atoms with Crippen molar-refractivity contribution in [1.82, 2.24) is 5.32 Å². The summed E-state index contributed by atoms with van der Waals surface area (Å²) in [6.45, 7) is 0.521. The van der Waals surface area contributed by atoms with E-state index in [4.69, 9.17) is 0 Å². The predicted octanol–water partition coefficient (Wildman–Crippen LogP) is 2.51. The molecule has 0 aliphatic heterocycles. The smallest absolute Gasteiger partial charge is 0.223 e. The van der Waals surface area contributed by atoms with Gasteiger partial charge in [-0.3, -0.25) is 4.79 Å². The topological polar surface area (TPSA) is 49.3 Å². The maximum absolute atomic E-state index is 13.3. The van der Waals surface area contributed by atoms with Crippen molar-refractivity contribution >= 4 is 12.0 Å². The molecule has 1 aliphatic carbocycles. The molecule has 0 spiro atoms. The second kappa shape index (κ2) is 7.20. The summed E-state index contributed by atoms with van der Waals surface area (Å²) >= 11 is 0. The van der Waals surface area contributed by atoms with Gasteiger partial charge in [0.05, 0.1) is 6.10 Å². The molecule has 108 valence electrons. The van der Waals surface area contributed by atoms with Gasteiger partial charge in [0.25, 0.3) is 0 Å². The summed E-state index contributed by atoms with van der Waals surface area (Å²) in [7, 11) is 0. The second-order valence-electron chi connectivity index (χ2n) is 5.19. The van der Waals surface area contributed by atoms with E-state index < -0.39 is 0 Å². The van der Waals surface area contributed by atoms with Gasteiger partial charge in [0.2, 0.25) is 5.91 Å². The van der Waals surface area contributed by atoms with Gasteiger partial charge in [0.15, 0.2) is 0 Å². The van der Waals surface area contributed by atoms with E-state index in [9.17, 15) is 14.3 Å². The molecule has 2 atom stereocenters. The molecule has 0 bridgehead atoms. The number of halogens is 1. The van der Waals surface area contributed by atoms with Crippen LogP contribution in [0.1, 0.15) is 31.2 Å². The van der Waals surface area contributed by atoms with Crippen LogP contribution in [0.3, 0.4) is 0 Å². The van der Waals surface area contributed by atoms with Crippen LogP contribution in [0.25, 0.3) is 6.08 Å². The molecule has 1 saturated carbocycles. The van der Waals surface area contributed by atoms with E-state index in [2.05, 4.69) is 5.32 Å². The Bertz CT molecular complexity index is 487. The minimum absolute atomic E-state index is 0.100. The van der Waals surface area contributed by atoms with Gasteiger partial charge < -0.3 is 10.4 Å². The molecule has 1 aromatic rings. The number of benzene rings is 1. The molecule has 20 heavy (non-hydrogen) atoms. The summed E-state index contributed by atoms with van der Waals surface area (Å²) in [6.07, 6.45) is 6.01. The van der Waals surface area contributed by atoms with E-state index in [1.165, 1.54) is 6.07 Å². The number of nitrogens with one attached hydrogen (secondary N) is 1. The van der Waals surface area contributed by atoms with E-state index in [0.29, 0.717) is 12.1 Å². The first kappa shape index (κ1) is 14.7. The normalized spacial score (nSPS) is 22.3. The van der Waals surface area contributed by atoms with Crippen LogP contribution in [0, 0.1) is 11.7 Å². The molecule has 1 aromatic carbocycles. The first-order valence-corrected chi connectivity index (χ1v) is 7.02. The Hall–Kier alpha value is -1.68. The lowest BCUT2D eigenvalue weighted by molar-refractivity contribution is -0.120. The summed E-state index contributed by atoms with van der Waals surface area (Å²) in [4.78, 5) is 11.6. The number of aliphatic hydroxyl groups excluding tert-OH is 1. The van der Waals surface area contributed by atoms with Crippen LogP contribution in [0.15, 0.2) is 30.3 Å². The molecular weight excluding hydrogens is 257 g/mol. The molecule has 1 amide bonds. The lowest BCUT2D eigenvalue weighted by Crippen LogP contribution is -2.31. The molecule has 0 heterocycles. The van der Waals surface area contributed by atoms with Gasteiger partial charge >= 0.3 is 0 Å². The first-order valence-electron chi connectivity index (χ1n) is 7.02. The molecular formula is C16H20FNO2. The van der Waals surface area contributed by atoms with Gasteiger partial charge in [-0.15, -0.1) is 0 Å². The third-order valence-corrected chi connectivity index (χ3v) is 3.69. The van der Waals surface area contributed by atoms with Gasteiger partial charge in [0.1, 0.15) is 5.82 Å². The summed E-state index contributed by atoms with van der Waals surface area (Å²) in [5.74, 6) is -0.218. The summed E-state index contributed by atoms with van der Waals surface area (Å²) in [6, 6.07) is 6.44. The van der Waals surface area contributed by atoms with Crippen molar-refractivity contribution in [3.05, 3.63) is 41.7 Å². The molecule has 1 aliphatic rings. The Labute approximate surface area is 118 Å². The number of carbonyl (C=O) groups excluding carboxylic acids is 1. The van der Waals surface area contributed by atoms with Crippen molar-refractivity contribution in [3.63, 3.8) is 0 Å². The molecule has 1 fully saturated rings. The summed E-state index contributed by atoms with van der Waals surface area (Å²) < 4.78 is 13.3. The zero-order chi connectivity index (χ0) is 14.4. The lowest BCUT2D eigenvalue weighted by Gasteiger charge is -2.14. The van der Waals surface area contributed by atoms with Crippen LogP contribution in [0.5, 0.6) is 0 Å². The summed E-state index contributed by atoms with van der Waals surface area (Å²) in [5, 5.41) is 12.5. The quantitative estimate of drug-likeness (QED) is 0.869. The van der Waals surface area contributed by atoms with Crippen LogP contribution >= 0.6 is 0 Å². The van der Waals surface area contributed by atoms with Crippen LogP contribution in [0.4, 0.5) is 4.39 Å². The monoisotopic (exact) mass is 277 g/mol. The molecule has 4 heteroatoms. The zero-order valence-corrected chi connectivity index (χ0v) is 11.4. The fourth-order valence-corrected chi connectivity index (χ4v) is 2.48. The van der Waals surface area contributed by atoms with Crippen LogP contribution in [0.2, 0.25) is 0 Å². The largest absolute Gasteiger partial charge is 0.393 e. The fourth-order valence-electron chi connectivity index (χ4n) is 2.48.